The number of carbonyl (C=O) groups excluding carboxylic acids is 1. The summed E-state index contributed by atoms with van der Waals surface area (Å²) in [6.07, 6.45) is 5.68. The maximum atomic E-state index is 12.1. The summed E-state index contributed by atoms with van der Waals surface area (Å²) >= 11 is 0. The molecule has 6 heteroatoms. The number of aliphatic carboxylic acids is 1. The van der Waals surface area contributed by atoms with Crippen LogP contribution in [-0.4, -0.2) is 65.7 Å². The molecule has 2 amide bonds. The molecule has 1 saturated carbocycles. The van der Waals surface area contributed by atoms with Crippen molar-refractivity contribution in [1.29, 1.82) is 0 Å². The van der Waals surface area contributed by atoms with Gasteiger partial charge in [-0.05, 0) is 33.2 Å². The summed E-state index contributed by atoms with van der Waals surface area (Å²) in [5.41, 5.74) is 0. The van der Waals surface area contributed by atoms with E-state index in [4.69, 9.17) is 5.11 Å². The highest BCUT2D eigenvalue weighted by molar-refractivity contribution is 5.78. The number of amides is 2. The lowest BCUT2D eigenvalue weighted by Gasteiger charge is -2.26. The molecular weight excluding hydrogens is 270 g/mol. The fraction of sp³-hybridized carbons (Fsp3) is 0.867. The molecule has 0 radical (unpaired) electrons. The molecule has 0 spiro atoms. The molecule has 0 aromatic heterocycles. The zero-order chi connectivity index (χ0) is 15.4. The van der Waals surface area contributed by atoms with Gasteiger partial charge >= 0.3 is 12.0 Å². The Labute approximate surface area is 126 Å². The summed E-state index contributed by atoms with van der Waals surface area (Å²) in [5, 5.41) is 12.0. The number of carboxylic acids is 1. The number of carboxylic acid groups (broad SMARTS) is 1. The molecule has 2 atom stereocenters. The van der Waals surface area contributed by atoms with Crippen LogP contribution in [0.2, 0.25) is 0 Å². The first-order valence-corrected chi connectivity index (χ1v) is 7.98. The second-order valence-corrected chi connectivity index (χ2v) is 6.32. The van der Waals surface area contributed by atoms with E-state index in [1.807, 2.05) is 6.92 Å². The average Bonchev–Trinajstić information content (AvgIpc) is 3.07. The van der Waals surface area contributed by atoms with Gasteiger partial charge in [-0.15, -0.1) is 0 Å². The van der Waals surface area contributed by atoms with E-state index in [1.54, 1.807) is 4.90 Å². The molecule has 1 heterocycles. The zero-order valence-electron chi connectivity index (χ0n) is 13.0. The van der Waals surface area contributed by atoms with Crippen LogP contribution >= 0.6 is 0 Å². The number of hydrogen-bond acceptors (Lipinski definition) is 3. The predicted octanol–water partition coefficient (Wildman–Crippen LogP) is 1.37. The van der Waals surface area contributed by atoms with E-state index in [9.17, 15) is 9.59 Å². The van der Waals surface area contributed by atoms with Gasteiger partial charge in [0, 0.05) is 31.7 Å². The fourth-order valence-corrected chi connectivity index (χ4v) is 3.52. The van der Waals surface area contributed by atoms with Crippen LogP contribution in [0, 0.1) is 5.92 Å². The minimum atomic E-state index is -0.807. The molecule has 1 saturated heterocycles. The van der Waals surface area contributed by atoms with Crippen LogP contribution < -0.4 is 5.32 Å². The van der Waals surface area contributed by atoms with Crippen molar-refractivity contribution in [2.45, 2.75) is 51.1 Å². The third kappa shape index (κ3) is 3.87. The molecule has 0 aromatic rings. The molecule has 0 bridgehead atoms. The van der Waals surface area contributed by atoms with Crippen molar-refractivity contribution in [3.8, 4) is 0 Å². The van der Waals surface area contributed by atoms with Crippen LogP contribution in [-0.2, 0) is 4.79 Å². The van der Waals surface area contributed by atoms with Gasteiger partial charge in [0.05, 0.1) is 5.92 Å². The Bertz CT molecular complexity index is 382. The molecule has 2 rings (SSSR count). The second-order valence-electron chi connectivity index (χ2n) is 6.32. The summed E-state index contributed by atoms with van der Waals surface area (Å²) in [4.78, 5) is 27.2. The Morgan fingerprint density at radius 3 is 2.52 bits per heavy atom. The predicted molar refractivity (Wildman–Crippen MR) is 80.2 cm³/mol. The molecule has 120 valence electrons. The highest BCUT2D eigenvalue weighted by Gasteiger charge is 2.38. The van der Waals surface area contributed by atoms with Gasteiger partial charge in [-0.25, -0.2) is 4.79 Å². The lowest BCUT2D eigenvalue weighted by atomic mass is 10.0. The summed E-state index contributed by atoms with van der Waals surface area (Å²) in [7, 11) is 2.11. The number of rotatable bonds is 5. The van der Waals surface area contributed by atoms with Crippen molar-refractivity contribution in [3.63, 3.8) is 0 Å². The maximum Gasteiger partial charge on any atom is 0.317 e. The van der Waals surface area contributed by atoms with Gasteiger partial charge in [0.2, 0.25) is 0 Å². The number of likely N-dealkylation sites (tertiary alicyclic amines) is 1. The Kier molecular flexibility index (Phi) is 5.45. The lowest BCUT2D eigenvalue weighted by Crippen LogP contribution is -2.46. The van der Waals surface area contributed by atoms with E-state index in [2.05, 4.69) is 17.3 Å². The summed E-state index contributed by atoms with van der Waals surface area (Å²) in [6.45, 7) is 3.81. The third-order valence-corrected chi connectivity index (χ3v) is 5.02. The van der Waals surface area contributed by atoms with Gasteiger partial charge in [-0.1, -0.05) is 12.8 Å². The van der Waals surface area contributed by atoms with Crippen LogP contribution in [0.15, 0.2) is 0 Å². The molecule has 6 nitrogen and oxygen atoms in total. The quantitative estimate of drug-likeness (QED) is 0.804. The number of carbonyl (C=O) groups is 2. The smallest absolute Gasteiger partial charge is 0.317 e. The lowest BCUT2D eigenvalue weighted by molar-refractivity contribution is -0.142. The van der Waals surface area contributed by atoms with Gasteiger partial charge < -0.3 is 20.2 Å². The molecule has 2 fully saturated rings. The van der Waals surface area contributed by atoms with Gasteiger partial charge in [0.25, 0.3) is 0 Å². The summed E-state index contributed by atoms with van der Waals surface area (Å²) in [6, 6.07) is 0.296. The van der Waals surface area contributed by atoms with E-state index in [0.717, 1.165) is 6.54 Å². The van der Waals surface area contributed by atoms with Crippen molar-refractivity contribution in [2.75, 3.05) is 26.7 Å². The summed E-state index contributed by atoms with van der Waals surface area (Å²) in [5.74, 6) is -1.24. The second kappa shape index (κ2) is 7.11. The van der Waals surface area contributed by atoms with E-state index in [1.165, 1.54) is 25.7 Å². The third-order valence-electron chi connectivity index (χ3n) is 5.02. The first-order chi connectivity index (χ1) is 10.0. The highest BCUT2D eigenvalue weighted by atomic mass is 16.4. The van der Waals surface area contributed by atoms with Gasteiger partial charge in [0.1, 0.15) is 0 Å². The average molecular weight is 297 g/mol. The molecule has 1 aliphatic carbocycles. The van der Waals surface area contributed by atoms with Crippen LogP contribution in [0.4, 0.5) is 4.79 Å². The van der Waals surface area contributed by atoms with Gasteiger partial charge in [0.15, 0.2) is 0 Å². The van der Waals surface area contributed by atoms with Gasteiger partial charge in [-0.2, -0.15) is 0 Å². The van der Waals surface area contributed by atoms with Gasteiger partial charge in [-0.3, -0.25) is 4.79 Å². The minimum absolute atomic E-state index is 0.133. The Morgan fingerprint density at radius 1 is 1.29 bits per heavy atom. The fourth-order valence-electron chi connectivity index (χ4n) is 3.52. The van der Waals surface area contributed by atoms with E-state index in [0.29, 0.717) is 25.6 Å². The molecular formula is C15H27N3O3. The summed E-state index contributed by atoms with van der Waals surface area (Å²) < 4.78 is 0. The van der Waals surface area contributed by atoms with E-state index in [-0.39, 0.29) is 12.1 Å². The normalized spacial score (nSPS) is 26.5. The molecule has 21 heavy (non-hydrogen) atoms. The monoisotopic (exact) mass is 297 g/mol. The number of likely N-dealkylation sites (N-methyl/N-ethyl adjacent to an activating group) is 1. The van der Waals surface area contributed by atoms with E-state index >= 15 is 0 Å². The van der Waals surface area contributed by atoms with E-state index < -0.39 is 11.9 Å². The standard InChI is InChI=1S/C15H27N3O3/c1-11-13(14(19)20)7-9-18(11)15(21)16-8-10-17(2)12-5-3-4-6-12/h11-13H,3-10H2,1-2H3,(H,16,21)(H,19,20). The van der Waals surface area contributed by atoms with Crippen LogP contribution in [0.5, 0.6) is 0 Å². The molecule has 2 unspecified atom stereocenters. The van der Waals surface area contributed by atoms with Crippen molar-refractivity contribution >= 4 is 12.0 Å². The number of urea groups is 1. The first-order valence-electron chi connectivity index (χ1n) is 7.98. The zero-order valence-corrected chi connectivity index (χ0v) is 13.0. The molecule has 2 aliphatic rings. The number of nitrogens with zero attached hydrogens (tertiary/aromatic N) is 2. The minimum Gasteiger partial charge on any atom is -0.481 e. The highest BCUT2D eigenvalue weighted by Crippen LogP contribution is 2.24. The Morgan fingerprint density at radius 2 is 1.95 bits per heavy atom. The van der Waals surface area contributed by atoms with Crippen molar-refractivity contribution in [3.05, 3.63) is 0 Å². The molecule has 0 aromatic carbocycles. The maximum absolute atomic E-state index is 12.1. The molecule has 1 aliphatic heterocycles. The van der Waals surface area contributed by atoms with Crippen molar-refractivity contribution < 1.29 is 14.7 Å². The number of nitrogens with one attached hydrogen (secondary N) is 1. The van der Waals surface area contributed by atoms with Crippen LogP contribution in [0.1, 0.15) is 39.0 Å². The number of hydrogen-bond donors (Lipinski definition) is 2. The molecule has 2 N–H and O–H groups in total. The van der Waals surface area contributed by atoms with Crippen LogP contribution in [0.25, 0.3) is 0 Å². The van der Waals surface area contributed by atoms with Crippen LogP contribution in [0.3, 0.4) is 0 Å². The largest absolute Gasteiger partial charge is 0.481 e. The Balaban J connectivity index is 1.71. The SMILES string of the molecule is CC1C(C(=O)O)CCN1C(=O)NCCN(C)C1CCCC1. The topological polar surface area (TPSA) is 72.9 Å². The Hall–Kier alpha value is -1.30. The first kappa shape index (κ1) is 16.1. The van der Waals surface area contributed by atoms with Crippen molar-refractivity contribution in [1.82, 2.24) is 15.1 Å². The van der Waals surface area contributed by atoms with Crippen molar-refractivity contribution in [2.24, 2.45) is 5.92 Å².